The number of ketones is 1. The molecule has 31 heavy (non-hydrogen) atoms. The minimum absolute atomic E-state index is 0.138. The van der Waals surface area contributed by atoms with Crippen molar-refractivity contribution in [3.63, 3.8) is 0 Å². The second kappa shape index (κ2) is 8.40. The van der Waals surface area contributed by atoms with Crippen LogP contribution in [0.5, 0.6) is 5.75 Å². The number of allylic oxidation sites excluding steroid dienone is 1. The summed E-state index contributed by atoms with van der Waals surface area (Å²) in [6.07, 6.45) is 2.47. The van der Waals surface area contributed by atoms with E-state index < -0.39 is 0 Å². The van der Waals surface area contributed by atoms with Crippen molar-refractivity contribution in [2.45, 2.75) is 25.8 Å². The lowest BCUT2D eigenvalue weighted by Crippen LogP contribution is -2.43. The average molecular weight is 433 g/mol. The number of methoxy groups -OCH3 is 1. The Labute approximate surface area is 185 Å². The number of ether oxygens (including phenoxy) is 1. The molecule has 1 aliphatic heterocycles. The molecule has 0 saturated carbocycles. The summed E-state index contributed by atoms with van der Waals surface area (Å²) in [4.78, 5) is 26.0. The van der Waals surface area contributed by atoms with E-state index in [1.807, 2.05) is 23.6 Å². The summed E-state index contributed by atoms with van der Waals surface area (Å²) in [5, 5.41) is 8.19. The minimum atomic E-state index is -0.185. The maximum atomic E-state index is 13.1. The molecule has 158 valence electrons. The summed E-state index contributed by atoms with van der Waals surface area (Å²) in [5.74, 6) is 0.424. The van der Waals surface area contributed by atoms with E-state index in [2.05, 4.69) is 30.5 Å². The first-order valence-electron chi connectivity index (χ1n) is 10.0. The lowest BCUT2D eigenvalue weighted by molar-refractivity contribution is 0.102. The van der Waals surface area contributed by atoms with Crippen LogP contribution < -0.4 is 15.4 Å². The van der Waals surface area contributed by atoms with E-state index in [0.29, 0.717) is 16.1 Å². The first-order valence-corrected chi connectivity index (χ1v) is 10.9. The van der Waals surface area contributed by atoms with E-state index in [4.69, 9.17) is 4.74 Å². The van der Waals surface area contributed by atoms with Crippen molar-refractivity contribution in [2.75, 3.05) is 12.4 Å². The van der Waals surface area contributed by atoms with Gasteiger partial charge in [-0.15, -0.1) is 11.3 Å². The van der Waals surface area contributed by atoms with E-state index in [0.717, 1.165) is 23.4 Å². The van der Waals surface area contributed by atoms with E-state index in [9.17, 15) is 9.59 Å². The molecule has 2 N–H and O–H groups in total. The van der Waals surface area contributed by atoms with Crippen LogP contribution in [-0.2, 0) is 6.42 Å². The van der Waals surface area contributed by atoms with Gasteiger partial charge in [-0.2, -0.15) is 0 Å². The summed E-state index contributed by atoms with van der Waals surface area (Å²) in [6, 6.07) is 16.5. The van der Waals surface area contributed by atoms with E-state index in [-0.39, 0.29) is 17.2 Å². The lowest BCUT2D eigenvalue weighted by Gasteiger charge is -2.35. The molecule has 3 aromatic rings. The normalized spacial score (nSPS) is 15.6. The smallest absolute Gasteiger partial charge is 0.265 e. The highest BCUT2D eigenvalue weighted by Crippen LogP contribution is 2.32. The number of hydrogen-bond acceptors (Lipinski definition) is 5. The second-order valence-electron chi connectivity index (χ2n) is 8.14. The Morgan fingerprint density at radius 2 is 1.97 bits per heavy atom. The Balaban J connectivity index is 1.62. The zero-order valence-electron chi connectivity index (χ0n) is 17.7. The van der Waals surface area contributed by atoms with Crippen LogP contribution in [0.2, 0.25) is 0 Å². The van der Waals surface area contributed by atoms with Gasteiger partial charge in [0.05, 0.1) is 12.0 Å². The Morgan fingerprint density at radius 3 is 2.71 bits per heavy atom. The Morgan fingerprint density at radius 1 is 1.13 bits per heavy atom. The molecule has 4 rings (SSSR count). The van der Waals surface area contributed by atoms with Gasteiger partial charge in [-0.3, -0.25) is 9.59 Å². The zero-order valence-corrected chi connectivity index (χ0v) is 18.5. The van der Waals surface area contributed by atoms with Crippen LogP contribution in [0.25, 0.3) is 5.70 Å². The van der Waals surface area contributed by atoms with Crippen molar-refractivity contribution in [1.29, 1.82) is 0 Å². The van der Waals surface area contributed by atoms with E-state index in [1.54, 1.807) is 43.5 Å². The number of amides is 1. The highest BCUT2D eigenvalue weighted by atomic mass is 32.1. The molecule has 0 saturated heterocycles. The van der Waals surface area contributed by atoms with Gasteiger partial charge in [-0.1, -0.05) is 24.3 Å². The Kier molecular flexibility index (Phi) is 5.65. The topological polar surface area (TPSA) is 67.4 Å². The molecule has 2 heterocycles. The highest BCUT2D eigenvalue weighted by Gasteiger charge is 2.28. The van der Waals surface area contributed by atoms with Gasteiger partial charge in [-0.25, -0.2) is 0 Å². The predicted molar refractivity (Wildman–Crippen MR) is 125 cm³/mol. The van der Waals surface area contributed by atoms with Gasteiger partial charge in [0.15, 0.2) is 5.78 Å². The molecule has 0 fully saturated rings. The third-order valence-electron chi connectivity index (χ3n) is 5.14. The van der Waals surface area contributed by atoms with Gasteiger partial charge in [0.2, 0.25) is 0 Å². The quantitative estimate of drug-likeness (QED) is 0.432. The predicted octanol–water partition coefficient (Wildman–Crippen LogP) is 5.16. The SMILES string of the molecule is COc1ccc2c(c1)/C(=C/C(=O)c1cccc(NC(=O)c3cccs3)c1)NC(C)(C)C2. The van der Waals surface area contributed by atoms with Gasteiger partial charge in [0.25, 0.3) is 5.91 Å². The summed E-state index contributed by atoms with van der Waals surface area (Å²) >= 11 is 1.37. The minimum Gasteiger partial charge on any atom is -0.497 e. The lowest BCUT2D eigenvalue weighted by atomic mass is 9.85. The Bertz CT molecular complexity index is 1160. The third-order valence-corrected chi connectivity index (χ3v) is 6.01. The van der Waals surface area contributed by atoms with Crippen molar-refractivity contribution < 1.29 is 14.3 Å². The molecule has 0 aliphatic carbocycles. The fourth-order valence-corrected chi connectivity index (χ4v) is 4.34. The van der Waals surface area contributed by atoms with Gasteiger partial charge in [0, 0.05) is 34.1 Å². The van der Waals surface area contributed by atoms with Crippen LogP contribution in [0.4, 0.5) is 5.69 Å². The Hall–Kier alpha value is -3.38. The number of thiophene rings is 1. The molecule has 0 bridgehead atoms. The van der Waals surface area contributed by atoms with Crippen LogP contribution in [0.1, 0.15) is 45.0 Å². The molecule has 0 radical (unpaired) electrons. The maximum Gasteiger partial charge on any atom is 0.265 e. The molecule has 6 heteroatoms. The number of fused-ring (bicyclic) bond motifs is 1. The standard InChI is InChI=1S/C25H24N2O3S/c1-25(2)15-17-9-10-19(30-3)13-20(17)21(27-25)14-22(28)16-6-4-7-18(12-16)26-24(29)23-8-5-11-31-23/h4-14,27H,15H2,1-3H3,(H,26,29)/b21-14-. The molecule has 1 aromatic heterocycles. The number of carbonyl (C=O) groups excluding carboxylic acids is 2. The van der Waals surface area contributed by atoms with Gasteiger partial charge in [0.1, 0.15) is 5.75 Å². The summed E-state index contributed by atoms with van der Waals surface area (Å²) in [6.45, 7) is 4.22. The van der Waals surface area contributed by atoms with Crippen molar-refractivity contribution in [2.24, 2.45) is 0 Å². The van der Waals surface area contributed by atoms with Gasteiger partial charge >= 0.3 is 0 Å². The fourth-order valence-electron chi connectivity index (χ4n) is 3.72. The highest BCUT2D eigenvalue weighted by molar-refractivity contribution is 7.12. The molecule has 0 spiro atoms. The van der Waals surface area contributed by atoms with Crippen molar-refractivity contribution >= 4 is 34.4 Å². The van der Waals surface area contributed by atoms with Crippen molar-refractivity contribution in [3.8, 4) is 5.75 Å². The van der Waals surface area contributed by atoms with E-state index in [1.165, 1.54) is 16.9 Å². The third kappa shape index (κ3) is 4.70. The number of carbonyl (C=O) groups is 2. The molecular weight excluding hydrogens is 408 g/mol. The maximum absolute atomic E-state index is 13.1. The molecule has 2 aromatic carbocycles. The second-order valence-corrected chi connectivity index (χ2v) is 9.09. The fraction of sp³-hybridized carbons (Fsp3) is 0.200. The van der Waals surface area contributed by atoms with Crippen LogP contribution in [0.15, 0.2) is 66.1 Å². The molecule has 1 amide bonds. The number of rotatable bonds is 5. The summed E-state index contributed by atoms with van der Waals surface area (Å²) < 4.78 is 5.37. The molecule has 5 nitrogen and oxygen atoms in total. The molecule has 1 aliphatic rings. The largest absolute Gasteiger partial charge is 0.497 e. The van der Waals surface area contributed by atoms with Crippen molar-refractivity contribution in [3.05, 3.63) is 87.6 Å². The van der Waals surface area contributed by atoms with Crippen LogP contribution in [0.3, 0.4) is 0 Å². The zero-order chi connectivity index (χ0) is 22.0. The average Bonchev–Trinajstić information content (AvgIpc) is 3.28. The molecular formula is C25H24N2O3S. The first kappa shape index (κ1) is 20.9. The number of benzene rings is 2. The summed E-state index contributed by atoms with van der Waals surface area (Å²) in [7, 11) is 1.63. The van der Waals surface area contributed by atoms with Crippen LogP contribution in [-0.4, -0.2) is 24.3 Å². The van der Waals surface area contributed by atoms with E-state index >= 15 is 0 Å². The molecule has 0 unspecified atom stereocenters. The van der Waals surface area contributed by atoms with Crippen LogP contribution >= 0.6 is 11.3 Å². The van der Waals surface area contributed by atoms with Gasteiger partial charge in [-0.05, 0) is 61.5 Å². The summed E-state index contributed by atoms with van der Waals surface area (Å²) in [5.41, 5.74) is 3.82. The van der Waals surface area contributed by atoms with Crippen molar-refractivity contribution in [1.82, 2.24) is 5.32 Å². The van der Waals surface area contributed by atoms with Crippen LogP contribution in [0, 0.1) is 0 Å². The first-order chi connectivity index (χ1) is 14.8. The number of hydrogen-bond donors (Lipinski definition) is 2. The number of anilines is 1. The van der Waals surface area contributed by atoms with Gasteiger partial charge < -0.3 is 15.4 Å². The number of nitrogens with one attached hydrogen (secondary N) is 2. The monoisotopic (exact) mass is 432 g/mol. The molecule has 0 atom stereocenters.